The van der Waals surface area contributed by atoms with Crippen molar-refractivity contribution in [3.8, 4) is 11.5 Å². The summed E-state index contributed by atoms with van der Waals surface area (Å²) >= 11 is 0. The van der Waals surface area contributed by atoms with E-state index in [0.29, 0.717) is 12.2 Å². The Morgan fingerprint density at radius 1 is 0.778 bits per heavy atom. The summed E-state index contributed by atoms with van der Waals surface area (Å²) in [5.41, 5.74) is 7.24. The quantitative estimate of drug-likeness (QED) is 0.556. The van der Waals surface area contributed by atoms with Gasteiger partial charge in [0.15, 0.2) is 0 Å². The van der Waals surface area contributed by atoms with Crippen LogP contribution >= 0.6 is 0 Å². The van der Waals surface area contributed by atoms with Gasteiger partial charge < -0.3 is 15.2 Å². The molecule has 4 rings (SSSR count). The fraction of sp³-hybridized carbons (Fsp3) is 0.0870. The van der Waals surface area contributed by atoms with Crippen molar-refractivity contribution in [2.24, 2.45) is 5.73 Å². The standard InChI is InChI=1S/C23H19NO3/c1-26-21-12-10-15-6-2-4-8-17(15)19(21)14-20-18-9-5-3-7-16(18)11-13-22(20)27-23(24)25/h2-13H,14H2,1H3,(H2,24,25). The minimum Gasteiger partial charge on any atom is -0.496 e. The molecule has 0 heterocycles. The zero-order valence-electron chi connectivity index (χ0n) is 14.9. The Labute approximate surface area is 157 Å². The second-order valence-electron chi connectivity index (χ2n) is 6.33. The zero-order valence-corrected chi connectivity index (χ0v) is 14.9. The molecule has 0 radical (unpaired) electrons. The number of rotatable bonds is 4. The van der Waals surface area contributed by atoms with Crippen LogP contribution in [0.15, 0.2) is 72.8 Å². The van der Waals surface area contributed by atoms with E-state index in [9.17, 15) is 4.79 Å². The van der Waals surface area contributed by atoms with Gasteiger partial charge in [-0.15, -0.1) is 0 Å². The van der Waals surface area contributed by atoms with Gasteiger partial charge in [-0.1, -0.05) is 60.7 Å². The molecule has 0 aliphatic carbocycles. The third kappa shape index (κ3) is 3.17. The maximum Gasteiger partial charge on any atom is 0.409 e. The molecule has 134 valence electrons. The van der Waals surface area contributed by atoms with Crippen LogP contribution in [0.1, 0.15) is 11.1 Å². The summed E-state index contributed by atoms with van der Waals surface area (Å²) in [6.07, 6.45) is -0.273. The Balaban J connectivity index is 1.96. The molecule has 27 heavy (non-hydrogen) atoms. The van der Waals surface area contributed by atoms with Crippen LogP contribution in [0, 0.1) is 0 Å². The van der Waals surface area contributed by atoms with Gasteiger partial charge in [-0.2, -0.15) is 0 Å². The summed E-state index contributed by atoms with van der Waals surface area (Å²) < 4.78 is 10.9. The smallest absolute Gasteiger partial charge is 0.409 e. The van der Waals surface area contributed by atoms with Gasteiger partial charge in [0, 0.05) is 17.5 Å². The maximum absolute atomic E-state index is 11.4. The van der Waals surface area contributed by atoms with Gasteiger partial charge in [0.1, 0.15) is 11.5 Å². The molecule has 0 unspecified atom stereocenters. The molecule has 4 aromatic rings. The summed E-state index contributed by atoms with van der Waals surface area (Å²) in [6.45, 7) is 0. The van der Waals surface area contributed by atoms with Crippen LogP contribution in [-0.2, 0) is 6.42 Å². The molecule has 1 amide bonds. The van der Waals surface area contributed by atoms with Gasteiger partial charge in [0.2, 0.25) is 0 Å². The summed E-state index contributed by atoms with van der Waals surface area (Å²) in [4.78, 5) is 11.4. The highest BCUT2D eigenvalue weighted by Crippen LogP contribution is 2.35. The van der Waals surface area contributed by atoms with E-state index in [1.165, 1.54) is 0 Å². The molecule has 4 aromatic carbocycles. The first-order valence-corrected chi connectivity index (χ1v) is 8.70. The van der Waals surface area contributed by atoms with Crippen molar-refractivity contribution in [2.75, 3.05) is 7.11 Å². The van der Waals surface area contributed by atoms with E-state index in [0.717, 1.165) is 38.4 Å². The van der Waals surface area contributed by atoms with Crippen molar-refractivity contribution in [3.05, 3.63) is 83.9 Å². The summed E-state index contributed by atoms with van der Waals surface area (Å²) in [5.74, 6) is 1.27. The second-order valence-corrected chi connectivity index (χ2v) is 6.33. The van der Waals surface area contributed by atoms with Crippen LogP contribution in [0.25, 0.3) is 21.5 Å². The fourth-order valence-corrected chi connectivity index (χ4v) is 3.57. The lowest BCUT2D eigenvalue weighted by atomic mass is 9.93. The van der Waals surface area contributed by atoms with Gasteiger partial charge in [-0.3, -0.25) is 0 Å². The van der Waals surface area contributed by atoms with Gasteiger partial charge in [-0.25, -0.2) is 4.79 Å². The Morgan fingerprint density at radius 2 is 1.30 bits per heavy atom. The highest BCUT2D eigenvalue weighted by atomic mass is 16.5. The van der Waals surface area contributed by atoms with E-state index in [4.69, 9.17) is 15.2 Å². The van der Waals surface area contributed by atoms with Gasteiger partial charge in [0.05, 0.1) is 7.11 Å². The Morgan fingerprint density at radius 3 is 1.85 bits per heavy atom. The predicted octanol–water partition coefficient (Wildman–Crippen LogP) is 5.05. The van der Waals surface area contributed by atoms with Crippen LogP contribution in [0.4, 0.5) is 4.79 Å². The number of amides is 1. The minimum atomic E-state index is -0.823. The molecule has 0 aliphatic heterocycles. The molecule has 0 saturated heterocycles. The first-order valence-electron chi connectivity index (χ1n) is 8.70. The number of ether oxygens (including phenoxy) is 2. The van der Waals surface area contributed by atoms with E-state index in [2.05, 4.69) is 12.1 Å². The lowest BCUT2D eigenvalue weighted by Gasteiger charge is -2.16. The van der Waals surface area contributed by atoms with Crippen LogP contribution < -0.4 is 15.2 Å². The Hall–Kier alpha value is -3.53. The third-order valence-electron chi connectivity index (χ3n) is 4.78. The maximum atomic E-state index is 11.4. The number of fused-ring (bicyclic) bond motifs is 2. The van der Waals surface area contributed by atoms with Gasteiger partial charge in [-0.05, 0) is 33.7 Å². The number of hydrogen-bond acceptors (Lipinski definition) is 3. The largest absolute Gasteiger partial charge is 0.496 e. The van der Waals surface area contributed by atoms with Gasteiger partial charge >= 0.3 is 6.09 Å². The molecule has 0 spiro atoms. The Bertz CT molecular complexity index is 1150. The molecular weight excluding hydrogens is 338 g/mol. The number of primary amides is 1. The van der Waals surface area contributed by atoms with E-state index < -0.39 is 6.09 Å². The molecule has 4 nitrogen and oxygen atoms in total. The molecule has 0 saturated carbocycles. The first-order chi connectivity index (χ1) is 13.2. The Kier molecular flexibility index (Phi) is 4.38. The summed E-state index contributed by atoms with van der Waals surface area (Å²) in [7, 11) is 1.66. The molecule has 0 fully saturated rings. The van der Waals surface area contributed by atoms with Gasteiger partial charge in [0.25, 0.3) is 0 Å². The van der Waals surface area contributed by atoms with Crippen molar-refractivity contribution in [1.29, 1.82) is 0 Å². The molecule has 0 aliphatic rings. The average molecular weight is 357 g/mol. The monoisotopic (exact) mass is 357 g/mol. The van der Waals surface area contributed by atoms with Crippen molar-refractivity contribution in [2.45, 2.75) is 6.42 Å². The number of carbonyl (C=O) groups excluding carboxylic acids is 1. The summed E-state index contributed by atoms with van der Waals surface area (Å²) in [6, 6.07) is 23.9. The number of hydrogen-bond donors (Lipinski definition) is 1. The van der Waals surface area contributed by atoms with Crippen molar-refractivity contribution >= 4 is 27.6 Å². The lowest BCUT2D eigenvalue weighted by molar-refractivity contribution is 0.210. The van der Waals surface area contributed by atoms with Crippen LogP contribution in [-0.4, -0.2) is 13.2 Å². The van der Waals surface area contributed by atoms with E-state index in [1.807, 2.05) is 54.6 Å². The second kappa shape index (κ2) is 7.00. The van der Waals surface area contributed by atoms with Crippen molar-refractivity contribution in [1.82, 2.24) is 0 Å². The molecular formula is C23H19NO3. The topological polar surface area (TPSA) is 61.6 Å². The predicted molar refractivity (Wildman–Crippen MR) is 107 cm³/mol. The number of nitrogens with two attached hydrogens (primary N) is 1. The van der Waals surface area contributed by atoms with E-state index in [1.54, 1.807) is 13.2 Å². The molecule has 0 bridgehead atoms. The highest BCUT2D eigenvalue weighted by Gasteiger charge is 2.16. The molecule has 0 atom stereocenters. The van der Waals surface area contributed by atoms with E-state index in [-0.39, 0.29) is 0 Å². The van der Waals surface area contributed by atoms with Crippen molar-refractivity contribution < 1.29 is 14.3 Å². The molecule has 0 aromatic heterocycles. The van der Waals surface area contributed by atoms with Crippen molar-refractivity contribution in [3.63, 3.8) is 0 Å². The van der Waals surface area contributed by atoms with Crippen LogP contribution in [0.3, 0.4) is 0 Å². The fourth-order valence-electron chi connectivity index (χ4n) is 3.57. The number of carbonyl (C=O) groups is 1. The first kappa shape index (κ1) is 16.9. The molecule has 2 N–H and O–H groups in total. The average Bonchev–Trinajstić information content (AvgIpc) is 2.69. The van der Waals surface area contributed by atoms with E-state index >= 15 is 0 Å². The minimum absolute atomic E-state index is 0.469. The highest BCUT2D eigenvalue weighted by molar-refractivity contribution is 5.92. The van der Waals surface area contributed by atoms with Crippen LogP contribution in [0.5, 0.6) is 11.5 Å². The molecule has 4 heteroatoms. The zero-order chi connectivity index (χ0) is 18.8. The van der Waals surface area contributed by atoms with Crippen LogP contribution in [0.2, 0.25) is 0 Å². The number of benzene rings is 4. The third-order valence-corrected chi connectivity index (χ3v) is 4.78. The number of methoxy groups -OCH3 is 1. The summed E-state index contributed by atoms with van der Waals surface area (Å²) in [5, 5.41) is 4.33. The normalized spacial score (nSPS) is 10.9. The SMILES string of the molecule is COc1ccc2ccccc2c1Cc1c(OC(N)=O)ccc2ccccc12. The lowest BCUT2D eigenvalue weighted by Crippen LogP contribution is -2.17.